The van der Waals surface area contributed by atoms with Gasteiger partial charge in [-0.25, -0.2) is 0 Å². The molecule has 146 valence electrons. The van der Waals surface area contributed by atoms with Gasteiger partial charge < -0.3 is 15.5 Å². The molecule has 3 unspecified atom stereocenters. The summed E-state index contributed by atoms with van der Waals surface area (Å²) in [5.41, 5.74) is 2.94. The van der Waals surface area contributed by atoms with E-state index in [0.717, 1.165) is 48.9 Å². The number of fused-ring (bicyclic) bond motifs is 2. The van der Waals surface area contributed by atoms with E-state index in [0.29, 0.717) is 24.7 Å². The molecular formula is C22H31N3O2. The Kier molecular flexibility index (Phi) is 5.22. The van der Waals surface area contributed by atoms with Gasteiger partial charge in [-0.2, -0.15) is 0 Å². The van der Waals surface area contributed by atoms with Crippen molar-refractivity contribution in [1.82, 2.24) is 15.5 Å². The Morgan fingerprint density at radius 3 is 2.37 bits per heavy atom. The standard InChI is InChI=1S/C22H31N3O2/c1-14-8-15(2)10-17(9-14)22(27)25-7-3-4-16(13-25)21(26)24-20-11-18-5-6-19(12-20)23-18/h8-10,16,18-20,23H,3-7,11-13H2,1-2H3,(H,24,26). The highest BCUT2D eigenvalue weighted by molar-refractivity contribution is 5.95. The maximum Gasteiger partial charge on any atom is 0.253 e. The normalized spacial score (nSPS) is 30.2. The molecule has 0 saturated carbocycles. The maximum atomic E-state index is 12.9. The summed E-state index contributed by atoms with van der Waals surface area (Å²) in [5.74, 6) is 0.111. The number of nitrogens with zero attached hydrogens (tertiary/aromatic N) is 1. The van der Waals surface area contributed by atoms with Crippen molar-refractivity contribution in [3.63, 3.8) is 0 Å². The number of amides is 2. The van der Waals surface area contributed by atoms with E-state index in [2.05, 4.69) is 16.7 Å². The van der Waals surface area contributed by atoms with E-state index in [9.17, 15) is 9.59 Å². The van der Waals surface area contributed by atoms with Crippen LogP contribution in [0.5, 0.6) is 0 Å². The molecule has 1 aromatic rings. The Balaban J connectivity index is 1.37. The molecule has 3 atom stereocenters. The molecule has 0 aliphatic carbocycles. The van der Waals surface area contributed by atoms with Gasteiger partial charge in [-0.3, -0.25) is 9.59 Å². The fourth-order valence-electron chi connectivity index (χ4n) is 5.15. The summed E-state index contributed by atoms with van der Waals surface area (Å²) in [6, 6.07) is 7.41. The first-order valence-corrected chi connectivity index (χ1v) is 10.4. The van der Waals surface area contributed by atoms with Crippen molar-refractivity contribution in [3.8, 4) is 0 Å². The van der Waals surface area contributed by atoms with E-state index in [1.165, 1.54) is 12.8 Å². The Labute approximate surface area is 161 Å². The zero-order valence-electron chi connectivity index (χ0n) is 16.5. The number of aryl methyl sites for hydroxylation is 2. The molecular weight excluding hydrogens is 338 g/mol. The minimum Gasteiger partial charge on any atom is -0.353 e. The van der Waals surface area contributed by atoms with Gasteiger partial charge in [-0.05, 0) is 64.5 Å². The van der Waals surface area contributed by atoms with Gasteiger partial charge in [0.15, 0.2) is 0 Å². The number of piperidine rings is 2. The SMILES string of the molecule is Cc1cc(C)cc(C(=O)N2CCCC(C(=O)NC3CC4CCC(C3)N4)C2)c1. The first kappa shape index (κ1) is 18.5. The monoisotopic (exact) mass is 369 g/mol. The number of carbonyl (C=O) groups is 2. The zero-order chi connectivity index (χ0) is 19.0. The van der Waals surface area contributed by atoms with Crippen molar-refractivity contribution in [1.29, 1.82) is 0 Å². The van der Waals surface area contributed by atoms with E-state index in [1.807, 2.05) is 30.9 Å². The van der Waals surface area contributed by atoms with Gasteiger partial charge >= 0.3 is 0 Å². The molecule has 3 aliphatic rings. The van der Waals surface area contributed by atoms with Crippen LogP contribution in [0.2, 0.25) is 0 Å². The van der Waals surface area contributed by atoms with E-state index >= 15 is 0 Å². The smallest absolute Gasteiger partial charge is 0.253 e. The highest BCUT2D eigenvalue weighted by Crippen LogP contribution is 2.27. The van der Waals surface area contributed by atoms with Crippen LogP contribution in [-0.2, 0) is 4.79 Å². The number of nitrogens with one attached hydrogen (secondary N) is 2. The zero-order valence-corrected chi connectivity index (χ0v) is 16.5. The summed E-state index contributed by atoms with van der Waals surface area (Å²) in [7, 11) is 0. The van der Waals surface area contributed by atoms with Crippen LogP contribution < -0.4 is 10.6 Å². The van der Waals surface area contributed by atoms with Crippen LogP contribution in [0.1, 0.15) is 60.0 Å². The average molecular weight is 370 g/mol. The first-order chi connectivity index (χ1) is 13.0. The predicted octanol–water partition coefficient (Wildman–Crippen LogP) is 2.55. The third-order valence-electron chi connectivity index (χ3n) is 6.37. The molecule has 1 aromatic carbocycles. The summed E-state index contributed by atoms with van der Waals surface area (Å²) in [6.07, 6.45) is 6.32. The molecule has 3 aliphatic heterocycles. The van der Waals surface area contributed by atoms with Crippen LogP contribution in [0, 0.1) is 19.8 Å². The number of rotatable bonds is 3. The van der Waals surface area contributed by atoms with Crippen molar-refractivity contribution >= 4 is 11.8 Å². The van der Waals surface area contributed by atoms with E-state index in [-0.39, 0.29) is 17.7 Å². The summed E-state index contributed by atoms with van der Waals surface area (Å²) < 4.78 is 0. The van der Waals surface area contributed by atoms with Crippen LogP contribution >= 0.6 is 0 Å². The second kappa shape index (κ2) is 7.63. The van der Waals surface area contributed by atoms with Crippen molar-refractivity contribution in [2.75, 3.05) is 13.1 Å². The maximum absolute atomic E-state index is 12.9. The van der Waals surface area contributed by atoms with Gasteiger partial charge in [-0.15, -0.1) is 0 Å². The summed E-state index contributed by atoms with van der Waals surface area (Å²) >= 11 is 0. The summed E-state index contributed by atoms with van der Waals surface area (Å²) in [4.78, 5) is 27.7. The minimum absolute atomic E-state index is 0.0548. The van der Waals surface area contributed by atoms with E-state index in [4.69, 9.17) is 0 Å². The van der Waals surface area contributed by atoms with Crippen LogP contribution in [0.15, 0.2) is 18.2 Å². The van der Waals surface area contributed by atoms with Gasteiger partial charge in [0.05, 0.1) is 5.92 Å². The number of hydrogen-bond donors (Lipinski definition) is 2. The number of benzene rings is 1. The van der Waals surface area contributed by atoms with Crippen LogP contribution in [0.4, 0.5) is 0 Å². The van der Waals surface area contributed by atoms with Gasteiger partial charge in [0.25, 0.3) is 5.91 Å². The molecule has 4 rings (SSSR count). The fourth-order valence-corrected chi connectivity index (χ4v) is 5.15. The van der Waals surface area contributed by atoms with Crippen LogP contribution in [-0.4, -0.2) is 47.9 Å². The Morgan fingerprint density at radius 2 is 1.70 bits per heavy atom. The number of hydrogen-bond acceptors (Lipinski definition) is 3. The number of likely N-dealkylation sites (tertiary alicyclic amines) is 1. The van der Waals surface area contributed by atoms with Gasteiger partial charge in [0, 0.05) is 36.8 Å². The topological polar surface area (TPSA) is 61.4 Å². The van der Waals surface area contributed by atoms with Crippen molar-refractivity contribution < 1.29 is 9.59 Å². The van der Waals surface area contributed by atoms with Crippen LogP contribution in [0.25, 0.3) is 0 Å². The lowest BCUT2D eigenvalue weighted by Gasteiger charge is -2.35. The van der Waals surface area contributed by atoms with Gasteiger partial charge in [0.1, 0.15) is 0 Å². The molecule has 5 nitrogen and oxygen atoms in total. The molecule has 5 heteroatoms. The lowest BCUT2D eigenvalue weighted by molar-refractivity contribution is -0.127. The van der Waals surface area contributed by atoms with Crippen molar-refractivity contribution in [2.24, 2.45) is 5.92 Å². The molecule has 2 amide bonds. The van der Waals surface area contributed by atoms with Gasteiger partial charge in [0.2, 0.25) is 5.91 Å². The van der Waals surface area contributed by atoms with Crippen LogP contribution in [0.3, 0.4) is 0 Å². The highest BCUT2D eigenvalue weighted by Gasteiger charge is 2.36. The molecule has 2 N–H and O–H groups in total. The molecule has 3 heterocycles. The molecule has 3 fully saturated rings. The highest BCUT2D eigenvalue weighted by atomic mass is 16.2. The Morgan fingerprint density at radius 1 is 1.04 bits per heavy atom. The minimum atomic E-state index is -0.0823. The molecule has 0 spiro atoms. The Bertz CT molecular complexity index is 700. The first-order valence-electron chi connectivity index (χ1n) is 10.4. The Hall–Kier alpha value is -1.88. The molecule has 27 heavy (non-hydrogen) atoms. The van der Waals surface area contributed by atoms with E-state index in [1.54, 1.807) is 0 Å². The molecule has 0 radical (unpaired) electrons. The lowest BCUT2D eigenvalue weighted by atomic mass is 9.94. The summed E-state index contributed by atoms with van der Waals surface area (Å²) in [5, 5.41) is 6.91. The second-order valence-corrected chi connectivity index (χ2v) is 8.78. The van der Waals surface area contributed by atoms with Crippen molar-refractivity contribution in [3.05, 3.63) is 34.9 Å². The van der Waals surface area contributed by atoms with Crippen molar-refractivity contribution in [2.45, 2.75) is 70.5 Å². The molecule has 3 saturated heterocycles. The third kappa shape index (κ3) is 4.18. The third-order valence-corrected chi connectivity index (χ3v) is 6.37. The fraction of sp³-hybridized carbons (Fsp3) is 0.636. The van der Waals surface area contributed by atoms with Gasteiger partial charge in [-0.1, -0.05) is 17.2 Å². The quantitative estimate of drug-likeness (QED) is 0.861. The lowest BCUT2D eigenvalue weighted by Crippen LogP contribution is -2.51. The average Bonchev–Trinajstić information content (AvgIpc) is 2.98. The molecule has 2 bridgehead atoms. The number of carbonyl (C=O) groups excluding carboxylic acids is 2. The molecule has 0 aromatic heterocycles. The largest absolute Gasteiger partial charge is 0.353 e. The second-order valence-electron chi connectivity index (χ2n) is 8.78. The predicted molar refractivity (Wildman–Crippen MR) is 106 cm³/mol. The van der Waals surface area contributed by atoms with E-state index < -0.39 is 0 Å². The summed E-state index contributed by atoms with van der Waals surface area (Å²) in [6.45, 7) is 5.31.